The van der Waals surface area contributed by atoms with Crippen molar-refractivity contribution in [2.45, 2.75) is 18.4 Å². The van der Waals surface area contributed by atoms with Gasteiger partial charge in [-0.3, -0.25) is 9.10 Å². The van der Waals surface area contributed by atoms with E-state index in [-0.39, 0.29) is 29.4 Å². The SMILES string of the molecule is CCN(c1ccccc1)S(=O)(=O)c1cccc(C(=O)NCc2cccc(F)c2)c1. The Kier molecular flexibility index (Phi) is 6.29. The number of sulfonamides is 1. The van der Waals surface area contributed by atoms with Gasteiger partial charge in [-0.05, 0) is 55.0 Å². The van der Waals surface area contributed by atoms with Gasteiger partial charge in [0.25, 0.3) is 15.9 Å². The Hall–Kier alpha value is -3.19. The molecule has 1 N–H and O–H groups in total. The summed E-state index contributed by atoms with van der Waals surface area (Å²) in [5, 5.41) is 2.68. The first-order chi connectivity index (χ1) is 13.9. The summed E-state index contributed by atoms with van der Waals surface area (Å²) in [6.07, 6.45) is 0. The third-order valence-corrected chi connectivity index (χ3v) is 6.26. The zero-order valence-electron chi connectivity index (χ0n) is 15.9. The number of para-hydroxylation sites is 1. The van der Waals surface area contributed by atoms with Gasteiger partial charge in [0.15, 0.2) is 0 Å². The molecule has 0 spiro atoms. The van der Waals surface area contributed by atoms with Crippen LogP contribution in [0.25, 0.3) is 0 Å². The van der Waals surface area contributed by atoms with E-state index >= 15 is 0 Å². The van der Waals surface area contributed by atoms with E-state index in [9.17, 15) is 17.6 Å². The van der Waals surface area contributed by atoms with E-state index in [4.69, 9.17) is 0 Å². The number of anilines is 1. The van der Waals surface area contributed by atoms with Gasteiger partial charge in [0.05, 0.1) is 10.6 Å². The van der Waals surface area contributed by atoms with Crippen molar-refractivity contribution in [1.82, 2.24) is 5.32 Å². The van der Waals surface area contributed by atoms with Crippen LogP contribution in [0.1, 0.15) is 22.8 Å². The highest BCUT2D eigenvalue weighted by Gasteiger charge is 2.24. The number of halogens is 1. The minimum Gasteiger partial charge on any atom is -0.348 e. The largest absolute Gasteiger partial charge is 0.348 e. The van der Waals surface area contributed by atoms with Gasteiger partial charge in [-0.2, -0.15) is 0 Å². The summed E-state index contributed by atoms with van der Waals surface area (Å²) in [5.41, 5.74) is 1.38. The molecule has 0 unspecified atom stereocenters. The van der Waals surface area contributed by atoms with Crippen molar-refractivity contribution < 1.29 is 17.6 Å². The Bertz CT molecular complexity index is 1100. The molecule has 0 atom stereocenters. The number of hydrogen-bond donors (Lipinski definition) is 1. The molecule has 0 aliphatic carbocycles. The summed E-state index contributed by atoms with van der Waals surface area (Å²) < 4.78 is 40.8. The molecule has 3 aromatic rings. The van der Waals surface area contributed by atoms with Gasteiger partial charge in [-0.15, -0.1) is 0 Å². The number of benzene rings is 3. The third kappa shape index (κ3) is 4.81. The Morgan fingerprint density at radius 3 is 2.38 bits per heavy atom. The van der Waals surface area contributed by atoms with Crippen LogP contribution < -0.4 is 9.62 Å². The molecule has 7 heteroatoms. The molecule has 3 aromatic carbocycles. The van der Waals surface area contributed by atoms with Crippen molar-refractivity contribution in [2.24, 2.45) is 0 Å². The summed E-state index contributed by atoms with van der Waals surface area (Å²) in [5.74, 6) is -0.820. The molecule has 0 bridgehead atoms. The maximum Gasteiger partial charge on any atom is 0.264 e. The molecule has 1 amide bonds. The number of hydrogen-bond acceptors (Lipinski definition) is 3. The molecular weight excluding hydrogens is 391 g/mol. The molecule has 5 nitrogen and oxygen atoms in total. The molecule has 0 saturated heterocycles. The number of nitrogens with one attached hydrogen (secondary N) is 1. The highest BCUT2D eigenvalue weighted by molar-refractivity contribution is 7.92. The van der Waals surface area contributed by atoms with Gasteiger partial charge >= 0.3 is 0 Å². The third-order valence-electron chi connectivity index (χ3n) is 4.36. The zero-order chi connectivity index (χ0) is 20.9. The van der Waals surface area contributed by atoms with Crippen molar-refractivity contribution in [3.63, 3.8) is 0 Å². The molecule has 29 heavy (non-hydrogen) atoms. The highest BCUT2D eigenvalue weighted by atomic mass is 32.2. The summed E-state index contributed by atoms with van der Waals surface area (Å²) in [4.78, 5) is 12.5. The number of carbonyl (C=O) groups excluding carboxylic acids is 1. The van der Waals surface area contributed by atoms with Crippen LogP contribution in [-0.4, -0.2) is 20.9 Å². The molecule has 0 aliphatic heterocycles. The van der Waals surface area contributed by atoms with Gasteiger partial charge in [0, 0.05) is 18.7 Å². The number of rotatable bonds is 7. The minimum atomic E-state index is -3.83. The molecule has 150 valence electrons. The molecule has 3 rings (SSSR count). The Morgan fingerprint density at radius 1 is 0.966 bits per heavy atom. The van der Waals surface area contributed by atoms with Crippen LogP contribution in [-0.2, 0) is 16.6 Å². The van der Waals surface area contributed by atoms with Crippen molar-refractivity contribution in [2.75, 3.05) is 10.8 Å². The van der Waals surface area contributed by atoms with E-state index in [0.29, 0.717) is 11.3 Å². The van der Waals surface area contributed by atoms with Gasteiger partial charge in [0.2, 0.25) is 0 Å². The molecular formula is C22H21FN2O3S. The van der Waals surface area contributed by atoms with Crippen LogP contribution in [0.3, 0.4) is 0 Å². The van der Waals surface area contributed by atoms with E-state index in [1.54, 1.807) is 49.4 Å². The maximum absolute atomic E-state index is 13.3. The highest BCUT2D eigenvalue weighted by Crippen LogP contribution is 2.23. The van der Waals surface area contributed by atoms with E-state index in [1.807, 2.05) is 6.07 Å². The van der Waals surface area contributed by atoms with Crippen molar-refractivity contribution in [1.29, 1.82) is 0 Å². The van der Waals surface area contributed by atoms with E-state index in [2.05, 4.69) is 5.32 Å². The van der Waals surface area contributed by atoms with E-state index in [1.165, 1.54) is 34.6 Å². The zero-order valence-corrected chi connectivity index (χ0v) is 16.7. The second-order valence-corrected chi connectivity index (χ2v) is 8.21. The van der Waals surface area contributed by atoms with Crippen molar-refractivity contribution in [3.8, 4) is 0 Å². The van der Waals surface area contributed by atoms with Crippen molar-refractivity contribution in [3.05, 3.63) is 95.8 Å². The van der Waals surface area contributed by atoms with Gasteiger partial charge in [0.1, 0.15) is 5.82 Å². The van der Waals surface area contributed by atoms with Gasteiger partial charge < -0.3 is 5.32 Å². The second kappa shape index (κ2) is 8.87. The van der Waals surface area contributed by atoms with Crippen LogP contribution in [0.4, 0.5) is 10.1 Å². The molecule has 0 aliphatic rings. The molecule has 0 saturated carbocycles. The average Bonchev–Trinajstić information content (AvgIpc) is 2.73. The van der Waals surface area contributed by atoms with Crippen LogP contribution in [0, 0.1) is 5.82 Å². The standard InChI is InChI=1S/C22H21FN2O3S/c1-2-25(20-11-4-3-5-12-20)29(27,28)21-13-7-9-18(15-21)22(26)24-16-17-8-6-10-19(23)14-17/h3-15H,2,16H2,1H3,(H,24,26). The lowest BCUT2D eigenvalue weighted by Gasteiger charge is -2.23. The number of carbonyl (C=O) groups is 1. The first-order valence-electron chi connectivity index (χ1n) is 9.12. The first kappa shape index (κ1) is 20.5. The smallest absolute Gasteiger partial charge is 0.264 e. The Labute approximate surface area is 169 Å². The predicted molar refractivity (Wildman–Crippen MR) is 111 cm³/mol. The fourth-order valence-electron chi connectivity index (χ4n) is 2.94. The van der Waals surface area contributed by atoms with Crippen LogP contribution >= 0.6 is 0 Å². The summed E-state index contributed by atoms with van der Waals surface area (Å²) in [6.45, 7) is 2.14. The van der Waals surface area contributed by atoms with E-state index < -0.39 is 15.9 Å². The summed E-state index contributed by atoms with van der Waals surface area (Å²) in [6, 6.07) is 20.6. The molecule has 0 heterocycles. The fraction of sp³-hybridized carbons (Fsp3) is 0.136. The fourth-order valence-corrected chi connectivity index (χ4v) is 4.46. The second-order valence-electron chi connectivity index (χ2n) is 6.35. The Balaban J connectivity index is 1.81. The molecule has 0 radical (unpaired) electrons. The maximum atomic E-state index is 13.3. The average molecular weight is 412 g/mol. The number of nitrogens with zero attached hydrogens (tertiary/aromatic N) is 1. The normalized spacial score (nSPS) is 11.1. The van der Waals surface area contributed by atoms with Gasteiger partial charge in [-0.25, -0.2) is 12.8 Å². The van der Waals surface area contributed by atoms with Crippen LogP contribution in [0.2, 0.25) is 0 Å². The first-order valence-corrected chi connectivity index (χ1v) is 10.6. The quantitative estimate of drug-likeness (QED) is 0.639. The van der Waals surface area contributed by atoms with Crippen LogP contribution in [0.15, 0.2) is 83.8 Å². The molecule has 0 fully saturated rings. The summed E-state index contributed by atoms with van der Waals surface area (Å²) >= 11 is 0. The lowest BCUT2D eigenvalue weighted by atomic mass is 10.2. The predicted octanol–water partition coefficient (Wildman–Crippen LogP) is 3.97. The van der Waals surface area contributed by atoms with E-state index in [0.717, 1.165) is 0 Å². The van der Waals surface area contributed by atoms with Gasteiger partial charge in [-0.1, -0.05) is 36.4 Å². The molecule has 0 aromatic heterocycles. The monoisotopic (exact) mass is 412 g/mol. The number of amides is 1. The van der Waals surface area contributed by atoms with Crippen LogP contribution in [0.5, 0.6) is 0 Å². The lowest BCUT2D eigenvalue weighted by Crippen LogP contribution is -2.31. The lowest BCUT2D eigenvalue weighted by molar-refractivity contribution is 0.0950. The Morgan fingerprint density at radius 2 is 1.69 bits per heavy atom. The topological polar surface area (TPSA) is 66.5 Å². The minimum absolute atomic E-state index is 0.0293. The van der Waals surface area contributed by atoms with Crippen molar-refractivity contribution >= 4 is 21.6 Å². The summed E-state index contributed by atoms with van der Waals surface area (Å²) in [7, 11) is -3.83.